The van der Waals surface area contributed by atoms with Crippen LogP contribution >= 0.6 is 23.2 Å². The number of carbonyl (C=O) groups excluding carboxylic acids is 1. The van der Waals surface area contributed by atoms with Crippen LogP contribution in [0.4, 0.5) is 0 Å². The zero-order valence-electron chi connectivity index (χ0n) is 16.4. The van der Waals surface area contributed by atoms with Crippen LogP contribution in [0.5, 0.6) is 5.75 Å². The highest BCUT2D eigenvalue weighted by atomic mass is 35.5. The van der Waals surface area contributed by atoms with Crippen LogP contribution in [0.2, 0.25) is 10.0 Å². The second-order valence-corrected chi connectivity index (χ2v) is 7.38. The van der Waals surface area contributed by atoms with E-state index in [4.69, 9.17) is 27.9 Å². The van der Waals surface area contributed by atoms with Gasteiger partial charge in [-0.15, -0.1) is 0 Å². The first-order valence-electron chi connectivity index (χ1n) is 9.61. The van der Waals surface area contributed by atoms with Crippen LogP contribution in [-0.4, -0.2) is 12.5 Å². The molecule has 1 amide bonds. The third kappa shape index (κ3) is 7.45. The van der Waals surface area contributed by atoms with Crippen LogP contribution in [0.3, 0.4) is 0 Å². The zero-order valence-corrected chi connectivity index (χ0v) is 17.9. The van der Waals surface area contributed by atoms with E-state index in [-0.39, 0.29) is 5.57 Å². The molecule has 0 saturated heterocycles. The Labute approximate surface area is 182 Å². The second kappa shape index (κ2) is 12.2. The van der Waals surface area contributed by atoms with Gasteiger partial charge in [-0.25, -0.2) is 0 Å². The predicted molar refractivity (Wildman–Crippen MR) is 118 cm³/mol. The summed E-state index contributed by atoms with van der Waals surface area (Å²) in [6.45, 7) is 3.03. The molecule has 0 aliphatic carbocycles. The monoisotopic (exact) mass is 430 g/mol. The predicted octanol–water partition coefficient (Wildman–Crippen LogP) is 6.18. The van der Waals surface area contributed by atoms with E-state index in [1.165, 1.54) is 6.08 Å². The Hall–Kier alpha value is -2.48. The quantitative estimate of drug-likeness (QED) is 0.278. The van der Waals surface area contributed by atoms with Crippen molar-refractivity contribution in [3.8, 4) is 11.8 Å². The molecule has 0 saturated carbocycles. The van der Waals surface area contributed by atoms with Crippen LogP contribution in [0, 0.1) is 11.3 Å². The van der Waals surface area contributed by atoms with Crippen LogP contribution < -0.4 is 10.1 Å². The molecule has 29 heavy (non-hydrogen) atoms. The Kier molecular flexibility index (Phi) is 9.56. The van der Waals surface area contributed by atoms with E-state index in [0.717, 1.165) is 31.2 Å². The minimum absolute atomic E-state index is 0.0266. The Balaban J connectivity index is 2.04. The molecule has 2 aromatic carbocycles. The molecule has 6 heteroatoms. The summed E-state index contributed by atoms with van der Waals surface area (Å²) in [4.78, 5) is 12.3. The number of hydrogen-bond acceptors (Lipinski definition) is 3. The molecule has 2 aromatic rings. The molecule has 0 unspecified atom stereocenters. The van der Waals surface area contributed by atoms with Gasteiger partial charge in [0.1, 0.15) is 11.6 Å². The smallest absolute Gasteiger partial charge is 0.262 e. The first-order valence-corrected chi connectivity index (χ1v) is 10.4. The van der Waals surface area contributed by atoms with Crippen LogP contribution in [0.1, 0.15) is 43.7 Å². The molecule has 0 atom stereocenters. The summed E-state index contributed by atoms with van der Waals surface area (Å²) in [5.41, 5.74) is 1.48. The highest BCUT2D eigenvalue weighted by Crippen LogP contribution is 2.35. The fraction of sp³-hybridized carbons (Fsp3) is 0.304. The molecule has 0 spiro atoms. The fourth-order valence-electron chi connectivity index (χ4n) is 2.69. The van der Waals surface area contributed by atoms with E-state index >= 15 is 0 Å². The Morgan fingerprint density at radius 2 is 1.83 bits per heavy atom. The average Bonchev–Trinajstić information content (AvgIpc) is 2.72. The molecular weight excluding hydrogens is 407 g/mol. The number of hydrogen-bond donors (Lipinski definition) is 1. The van der Waals surface area contributed by atoms with E-state index in [1.807, 2.05) is 36.4 Å². The van der Waals surface area contributed by atoms with Gasteiger partial charge >= 0.3 is 0 Å². The van der Waals surface area contributed by atoms with E-state index in [2.05, 4.69) is 12.2 Å². The first kappa shape index (κ1) is 22.8. The molecule has 2 rings (SSSR count). The maximum atomic E-state index is 12.3. The van der Waals surface area contributed by atoms with Gasteiger partial charge in [0.15, 0.2) is 5.75 Å². The SMILES string of the molecule is CCCCCCOc1c(Cl)cc(/C=C(\C#N)C(=O)NCc2ccccc2)cc1Cl. The van der Waals surface area contributed by atoms with E-state index in [1.54, 1.807) is 12.1 Å². The van der Waals surface area contributed by atoms with Crippen molar-refractivity contribution in [2.24, 2.45) is 0 Å². The molecule has 1 N–H and O–H groups in total. The van der Waals surface area contributed by atoms with Crippen LogP contribution in [-0.2, 0) is 11.3 Å². The van der Waals surface area contributed by atoms with Crippen molar-refractivity contribution in [1.82, 2.24) is 5.32 Å². The van der Waals surface area contributed by atoms with E-state index in [0.29, 0.717) is 34.5 Å². The summed E-state index contributed by atoms with van der Waals surface area (Å²) in [5.74, 6) is -0.0335. The lowest BCUT2D eigenvalue weighted by atomic mass is 10.1. The van der Waals surface area contributed by atoms with Gasteiger partial charge in [0.25, 0.3) is 5.91 Å². The van der Waals surface area contributed by atoms with Gasteiger partial charge in [-0.1, -0.05) is 79.7 Å². The number of nitrogens with one attached hydrogen (secondary N) is 1. The maximum Gasteiger partial charge on any atom is 0.262 e. The second-order valence-electron chi connectivity index (χ2n) is 6.56. The van der Waals surface area contributed by atoms with Crippen molar-refractivity contribution >= 4 is 35.2 Å². The summed E-state index contributed by atoms with van der Waals surface area (Å²) in [6.07, 6.45) is 5.81. The molecule has 0 bridgehead atoms. The van der Waals surface area contributed by atoms with Crippen LogP contribution in [0.25, 0.3) is 6.08 Å². The van der Waals surface area contributed by atoms with Gasteiger partial charge in [-0.05, 0) is 35.8 Å². The molecule has 0 radical (unpaired) electrons. The molecule has 4 nitrogen and oxygen atoms in total. The van der Waals surface area contributed by atoms with Crippen molar-refractivity contribution in [3.05, 3.63) is 69.2 Å². The van der Waals surface area contributed by atoms with Crippen molar-refractivity contribution < 1.29 is 9.53 Å². The molecular formula is C23H24Cl2N2O2. The van der Waals surface area contributed by atoms with Gasteiger partial charge in [-0.2, -0.15) is 5.26 Å². The van der Waals surface area contributed by atoms with Crippen molar-refractivity contribution in [2.75, 3.05) is 6.61 Å². The summed E-state index contributed by atoms with van der Waals surface area (Å²) in [7, 11) is 0. The van der Waals surface area contributed by atoms with E-state index < -0.39 is 5.91 Å². The molecule has 152 valence electrons. The molecule has 0 fully saturated rings. The molecule has 0 heterocycles. The number of unbranched alkanes of at least 4 members (excludes halogenated alkanes) is 3. The normalized spacial score (nSPS) is 11.0. The van der Waals surface area contributed by atoms with Gasteiger partial charge in [0.2, 0.25) is 0 Å². The lowest BCUT2D eigenvalue weighted by molar-refractivity contribution is -0.117. The number of carbonyl (C=O) groups is 1. The number of amides is 1. The highest BCUT2D eigenvalue weighted by Gasteiger charge is 2.12. The summed E-state index contributed by atoms with van der Waals surface area (Å²) >= 11 is 12.6. The summed E-state index contributed by atoms with van der Waals surface area (Å²) in [5, 5.41) is 12.8. The number of nitriles is 1. The Bertz CT molecular complexity index is 866. The Morgan fingerprint density at radius 3 is 2.45 bits per heavy atom. The number of benzene rings is 2. The largest absolute Gasteiger partial charge is 0.490 e. The van der Waals surface area contributed by atoms with Gasteiger partial charge in [-0.3, -0.25) is 4.79 Å². The first-order chi connectivity index (χ1) is 14.0. The van der Waals surface area contributed by atoms with Crippen molar-refractivity contribution in [1.29, 1.82) is 5.26 Å². The summed E-state index contributed by atoms with van der Waals surface area (Å²) in [6, 6.07) is 14.7. The van der Waals surface area contributed by atoms with E-state index in [9.17, 15) is 10.1 Å². The standard InChI is InChI=1S/C23H24Cl2N2O2/c1-2-3-4-8-11-29-22-20(24)13-18(14-21(22)25)12-19(15-26)23(28)27-16-17-9-6-5-7-10-17/h5-7,9-10,12-14H,2-4,8,11,16H2,1H3,(H,27,28)/b19-12+. The van der Waals surface area contributed by atoms with Gasteiger partial charge in [0, 0.05) is 6.54 Å². The number of rotatable bonds is 10. The lowest BCUT2D eigenvalue weighted by Crippen LogP contribution is -2.23. The van der Waals surface area contributed by atoms with Gasteiger partial charge in [0.05, 0.1) is 16.7 Å². The Morgan fingerprint density at radius 1 is 1.14 bits per heavy atom. The molecule has 0 aliphatic rings. The number of halogens is 2. The molecule has 0 aromatic heterocycles. The minimum atomic E-state index is -0.458. The van der Waals surface area contributed by atoms with Crippen LogP contribution in [0.15, 0.2) is 48.0 Å². The maximum absolute atomic E-state index is 12.3. The highest BCUT2D eigenvalue weighted by molar-refractivity contribution is 6.37. The average molecular weight is 431 g/mol. The minimum Gasteiger partial charge on any atom is -0.490 e. The van der Waals surface area contributed by atoms with Crippen molar-refractivity contribution in [2.45, 2.75) is 39.2 Å². The third-order valence-electron chi connectivity index (χ3n) is 4.24. The number of nitrogens with zero attached hydrogens (tertiary/aromatic N) is 1. The lowest BCUT2D eigenvalue weighted by Gasteiger charge is -2.11. The van der Waals surface area contributed by atoms with Gasteiger partial charge < -0.3 is 10.1 Å². The zero-order chi connectivity index (χ0) is 21.1. The summed E-state index contributed by atoms with van der Waals surface area (Å²) < 4.78 is 5.71. The molecule has 0 aliphatic heterocycles. The topological polar surface area (TPSA) is 62.1 Å². The fourth-order valence-corrected chi connectivity index (χ4v) is 3.31. The third-order valence-corrected chi connectivity index (χ3v) is 4.80. The van der Waals surface area contributed by atoms with Crippen molar-refractivity contribution in [3.63, 3.8) is 0 Å². The number of ether oxygens (including phenoxy) is 1.